The van der Waals surface area contributed by atoms with Gasteiger partial charge in [-0.15, -0.1) is 0 Å². The summed E-state index contributed by atoms with van der Waals surface area (Å²) in [4.78, 5) is 5.04. The highest BCUT2D eigenvalue weighted by atomic mass is 79.9. The predicted molar refractivity (Wildman–Crippen MR) is 125 cm³/mol. The van der Waals surface area contributed by atoms with Crippen LogP contribution in [0.2, 0.25) is 5.02 Å². The van der Waals surface area contributed by atoms with Crippen molar-refractivity contribution in [3.63, 3.8) is 0 Å². The number of anilines is 2. The third kappa shape index (κ3) is 5.42. The van der Waals surface area contributed by atoms with Crippen molar-refractivity contribution in [2.75, 3.05) is 32.1 Å². The van der Waals surface area contributed by atoms with Gasteiger partial charge in [-0.05, 0) is 37.3 Å². The molecule has 0 bridgehead atoms. The molecule has 4 rings (SSSR count). The lowest BCUT2D eigenvalue weighted by molar-refractivity contribution is -0.903. The molecule has 3 aromatic carbocycles. The minimum absolute atomic E-state index is 0. The van der Waals surface area contributed by atoms with Crippen LogP contribution in [0, 0.1) is 6.92 Å². The van der Waals surface area contributed by atoms with Gasteiger partial charge in [-0.1, -0.05) is 65.3 Å². The zero-order chi connectivity index (χ0) is 20.4. The minimum atomic E-state index is 0. The zero-order valence-corrected chi connectivity index (χ0v) is 20.9. The van der Waals surface area contributed by atoms with Gasteiger partial charge in [-0.3, -0.25) is 0 Å². The van der Waals surface area contributed by atoms with E-state index in [-0.39, 0.29) is 17.0 Å². The molecule has 30 heavy (non-hydrogen) atoms. The summed E-state index contributed by atoms with van der Waals surface area (Å²) in [5.74, 6) is 0. The fraction of sp³-hybridized carbons (Fsp3) is 0.280. The topological polar surface area (TPSA) is 3.24 Å². The van der Waals surface area contributed by atoms with Gasteiger partial charge in [-0.25, -0.2) is 0 Å². The number of nitrogens with zero attached hydrogens (tertiary/aromatic N) is 2. The maximum atomic E-state index is 6.34. The van der Waals surface area contributed by atoms with Crippen molar-refractivity contribution >= 4 is 34.7 Å². The molecule has 0 atom stereocenters. The molecule has 0 radical (unpaired) electrons. The molecule has 0 saturated carbocycles. The van der Waals surface area contributed by atoms with E-state index in [1.54, 1.807) is 0 Å². The van der Waals surface area contributed by atoms with E-state index in [4.69, 9.17) is 11.6 Å². The Morgan fingerprint density at radius 2 is 1.60 bits per heavy atom. The molecule has 0 spiro atoms. The van der Waals surface area contributed by atoms with E-state index in [9.17, 15) is 0 Å². The van der Waals surface area contributed by atoms with Crippen molar-refractivity contribution in [2.45, 2.75) is 29.7 Å². The Hall–Kier alpha value is -1.46. The monoisotopic (exact) mass is 502 g/mol. The second-order valence-electron chi connectivity index (χ2n) is 8.49. The Bertz CT molecular complexity index is 1000. The average molecular weight is 504 g/mol. The number of fused-ring (bicyclic) bond motifs is 2. The maximum absolute atomic E-state index is 6.34. The van der Waals surface area contributed by atoms with Gasteiger partial charge in [0, 0.05) is 33.3 Å². The number of hydrogen-bond donors (Lipinski definition) is 0. The summed E-state index contributed by atoms with van der Waals surface area (Å²) in [6, 6.07) is 23.8. The molecule has 0 amide bonds. The summed E-state index contributed by atoms with van der Waals surface area (Å²) in [5, 5.41) is 0.796. The minimum Gasteiger partial charge on any atom is -1.00 e. The first-order chi connectivity index (χ1) is 13.9. The molecule has 1 aliphatic heterocycles. The molecule has 158 valence electrons. The molecule has 2 nitrogen and oxygen atoms in total. The van der Waals surface area contributed by atoms with Gasteiger partial charge in [0.2, 0.25) is 0 Å². The van der Waals surface area contributed by atoms with E-state index in [1.165, 1.54) is 32.3 Å². The second-order valence-corrected chi connectivity index (χ2v) is 10.0. The molecule has 3 aromatic rings. The van der Waals surface area contributed by atoms with Crippen LogP contribution in [0.3, 0.4) is 0 Å². The predicted octanol–water partition coefficient (Wildman–Crippen LogP) is 3.92. The normalized spacial score (nSPS) is 12.7. The van der Waals surface area contributed by atoms with Gasteiger partial charge >= 0.3 is 0 Å². The standard InChI is InChI=1S/C25H28ClN2S.BrH/c1-19-9-11-20(12-10-19)18-28(2,3)16-6-15-27-22-7-4-5-8-24(22)29-25-14-13-21(26)17-23(25)27;/h4-5,7-14,17H,6,15-16,18H2,1-3H3;1H/q+1;/p-1. The van der Waals surface area contributed by atoms with Crippen LogP contribution in [-0.2, 0) is 6.54 Å². The SMILES string of the molecule is Cc1ccc(C[N+](C)(C)CCCN2c3ccccc3Sc3ccc(Cl)cc32)cc1.[Br-]. The van der Waals surface area contributed by atoms with E-state index in [2.05, 4.69) is 86.6 Å². The van der Waals surface area contributed by atoms with Crippen molar-refractivity contribution in [2.24, 2.45) is 0 Å². The summed E-state index contributed by atoms with van der Waals surface area (Å²) >= 11 is 8.17. The van der Waals surface area contributed by atoms with Gasteiger partial charge in [-0.2, -0.15) is 0 Å². The van der Waals surface area contributed by atoms with Crippen LogP contribution >= 0.6 is 23.4 Å². The first kappa shape index (κ1) is 23.2. The van der Waals surface area contributed by atoms with Crippen molar-refractivity contribution in [3.8, 4) is 0 Å². The van der Waals surface area contributed by atoms with E-state index in [0.717, 1.165) is 35.6 Å². The summed E-state index contributed by atoms with van der Waals surface area (Å²) in [5.41, 5.74) is 5.23. The van der Waals surface area contributed by atoms with Crippen molar-refractivity contribution < 1.29 is 21.5 Å². The zero-order valence-electron chi connectivity index (χ0n) is 17.7. The highest BCUT2D eigenvalue weighted by Crippen LogP contribution is 2.48. The smallest absolute Gasteiger partial charge is 0.104 e. The lowest BCUT2D eigenvalue weighted by Crippen LogP contribution is -3.00. The Balaban J connectivity index is 0.00000256. The molecular formula is C25H28BrClN2S. The first-order valence-electron chi connectivity index (χ1n) is 10.1. The Morgan fingerprint density at radius 3 is 2.37 bits per heavy atom. The second kappa shape index (κ2) is 9.78. The number of rotatable bonds is 6. The largest absolute Gasteiger partial charge is 1.00 e. The summed E-state index contributed by atoms with van der Waals surface area (Å²) in [7, 11) is 4.65. The van der Waals surface area contributed by atoms with E-state index in [0.29, 0.717) is 0 Å². The van der Waals surface area contributed by atoms with Crippen LogP contribution < -0.4 is 21.9 Å². The fourth-order valence-electron chi connectivity index (χ4n) is 3.97. The summed E-state index contributed by atoms with van der Waals surface area (Å²) < 4.78 is 0.982. The van der Waals surface area contributed by atoms with Crippen molar-refractivity contribution in [3.05, 3.63) is 82.9 Å². The van der Waals surface area contributed by atoms with Gasteiger partial charge < -0.3 is 26.4 Å². The van der Waals surface area contributed by atoms with Crippen LogP contribution in [0.15, 0.2) is 76.5 Å². The van der Waals surface area contributed by atoms with E-state index in [1.807, 2.05) is 17.8 Å². The molecule has 0 unspecified atom stereocenters. The number of benzene rings is 3. The maximum Gasteiger partial charge on any atom is 0.104 e. The molecule has 1 heterocycles. The number of hydrogen-bond acceptors (Lipinski definition) is 2. The lowest BCUT2D eigenvalue weighted by atomic mass is 10.1. The average Bonchev–Trinajstić information content (AvgIpc) is 2.69. The number of aryl methyl sites for hydroxylation is 1. The Kier molecular flexibility index (Phi) is 7.56. The molecule has 0 aromatic heterocycles. The molecule has 1 aliphatic rings. The molecule has 0 saturated heterocycles. The van der Waals surface area contributed by atoms with Crippen LogP contribution in [0.5, 0.6) is 0 Å². The van der Waals surface area contributed by atoms with Gasteiger partial charge in [0.1, 0.15) is 6.54 Å². The van der Waals surface area contributed by atoms with Crippen LogP contribution in [0.25, 0.3) is 0 Å². The molecule has 0 aliphatic carbocycles. The van der Waals surface area contributed by atoms with Gasteiger partial charge in [0.05, 0.1) is 32.0 Å². The van der Waals surface area contributed by atoms with Crippen LogP contribution in [0.4, 0.5) is 11.4 Å². The number of halogens is 2. The Labute approximate surface area is 200 Å². The lowest BCUT2D eigenvalue weighted by Gasteiger charge is -2.35. The highest BCUT2D eigenvalue weighted by molar-refractivity contribution is 7.99. The van der Waals surface area contributed by atoms with Gasteiger partial charge in [0.15, 0.2) is 0 Å². The summed E-state index contributed by atoms with van der Waals surface area (Å²) in [6.07, 6.45) is 1.11. The van der Waals surface area contributed by atoms with Crippen molar-refractivity contribution in [1.29, 1.82) is 0 Å². The number of para-hydroxylation sites is 1. The Morgan fingerprint density at radius 1 is 0.900 bits per heavy atom. The molecule has 5 heteroatoms. The third-order valence-corrected chi connectivity index (χ3v) is 6.83. The van der Waals surface area contributed by atoms with Crippen molar-refractivity contribution in [1.82, 2.24) is 0 Å². The van der Waals surface area contributed by atoms with Crippen LogP contribution in [-0.4, -0.2) is 31.7 Å². The van der Waals surface area contributed by atoms with E-state index >= 15 is 0 Å². The molecule has 0 N–H and O–H groups in total. The number of quaternary nitrogens is 1. The molecule has 0 fully saturated rings. The first-order valence-corrected chi connectivity index (χ1v) is 11.3. The quantitative estimate of drug-likeness (QED) is 0.469. The fourth-order valence-corrected chi connectivity index (χ4v) is 5.21. The van der Waals surface area contributed by atoms with Crippen LogP contribution in [0.1, 0.15) is 17.5 Å². The highest BCUT2D eigenvalue weighted by Gasteiger charge is 2.24. The van der Waals surface area contributed by atoms with Gasteiger partial charge in [0.25, 0.3) is 0 Å². The summed E-state index contributed by atoms with van der Waals surface area (Å²) in [6.45, 7) is 5.30. The molecular weight excluding hydrogens is 476 g/mol. The third-order valence-electron chi connectivity index (χ3n) is 5.46. The van der Waals surface area contributed by atoms with E-state index < -0.39 is 0 Å².